The molecule has 0 saturated heterocycles. The molecule has 1 aromatic rings. The molecule has 1 N–H and O–H groups in total. The summed E-state index contributed by atoms with van der Waals surface area (Å²) in [5, 5.41) is 9.08. The van der Waals surface area contributed by atoms with Gasteiger partial charge in [0.1, 0.15) is 5.75 Å². The molecule has 1 amide bonds. The monoisotopic (exact) mass is 371 g/mol. The summed E-state index contributed by atoms with van der Waals surface area (Å²) in [5.74, 6) is -2.86. The number of hydrogen-bond donors (Lipinski definition) is 1. The first kappa shape index (κ1) is 18.5. The Bertz CT molecular complexity index is 702. The first-order valence-corrected chi connectivity index (χ1v) is 8.55. The molecule has 2 aliphatic rings. The lowest BCUT2D eigenvalue weighted by Crippen LogP contribution is -2.39. The molecule has 8 heteroatoms. The third-order valence-corrected chi connectivity index (χ3v) is 4.81. The molecule has 3 unspecified atom stereocenters. The van der Waals surface area contributed by atoms with E-state index >= 15 is 0 Å². The van der Waals surface area contributed by atoms with Gasteiger partial charge in [0.25, 0.3) is 0 Å². The van der Waals surface area contributed by atoms with Gasteiger partial charge >= 0.3 is 12.3 Å². The number of nitrogens with zero attached hydrogens (tertiary/aromatic N) is 1. The van der Waals surface area contributed by atoms with Gasteiger partial charge in [-0.15, -0.1) is 13.2 Å². The lowest BCUT2D eigenvalue weighted by atomic mass is 10.1. The number of carbonyl (C=O) groups is 2. The molecule has 142 valence electrons. The van der Waals surface area contributed by atoms with Gasteiger partial charge in [0, 0.05) is 18.5 Å². The van der Waals surface area contributed by atoms with Crippen molar-refractivity contribution >= 4 is 11.9 Å². The average Bonchev–Trinajstić information content (AvgIpc) is 3.44. The van der Waals surface area contributed by atoms with Crippen molar-refractivity contribution in [3.63, 3.8) is 0 Å². The minimum atomic E-state index is -4.79. The smallest absolute Gasteiger partial charge is 0.481 e. The highest BCUT2D eigenvalue weighted by Crippen LogP contribution is 2.52. The number of rotatable bonds is 7. The van der Waals surface area contributed by atoms with Crippen molar-refractivity contribution in [3.8, 4) is 5.75 Å². The Kier molecular flexibility index (Phi) is 4.86. The zero-order chi connectivity index (χ0) is 19.1. The van der Waals surface area contributed by atoms with Crippen LogP contribution in [0.2, 0.25) is 0 Å². The van der Waals surface area contributed by atoms with E-state index in [1.165, 1.54) is 12.1 Å². The molecule has 0 aliphatic heterocycles. The molecular weight excluding hydrogens is 351 g/mol. The molecule has 26 heavy (non-hydrogen) atoms. The second kappa shape index (κ2) is 6.81. The number of carboxylic acid groups (broad SMARTS) is 1. The summed E-state index contributed by atoms with van der Waals surface area (Å²) >= 11 is 0. The van der Waals surface area contributed by atoms with Gasteiger partial charge in [-0.25, -0.2) is 0 Å². The molecule has 0 heterocycles. The molecule has 3 atom stereocenters. The minimum absolute atomic E-state index is 0.0484. The fourth-order valence-electron chi connectivity index (χ4n) is 3.21. The highest BCUT2D eigenvalue weighted by Gasteiger charge is 2.50. The maximum Gasteiger partial charge on any atom is 0.573 e. The largest absolute Gasteiger partial charge is 0.573 e. The maximum atomic E-state index is 12.8. The van der Waals surface area contributed by atoms with Gasteiger partial charge in [-0.3, -0.25) is 9.59 Å². The first-order valence-electron chi connectivity index (χ1n) is 8.55. The number of ether oxygens (including phenoxy) is 1. The number of carboxylic acids is 1. The Morgan fingerprint density at radius 2 is 1.96 bits per heavy atom. The van der Waals surface area contributed by atoms with Gasteiger partial charge in [-0.05, 0) is 36.8 Å². The molecule has 2 aliphatic carbocycles. The summed E-state index contributed by atoms with van der Waals surface area (Å²) in [6, 6.07) is 5.90. The topological polar surface area (TPSA) is 66.8 Å². The van der Waals surface area contributed by atoms with E-state index < -0.39 is 24.2 Å². The molecule has 2 saturated carbocycles. The number of carbonyl (C=O) groups excluding carboxylic acids is 1. The second-order valence-corrected chi connectivity index (χ2v) is 7.00. The van der Waals surface area contributed by atoms with E-state index in [0.717, 1.165) is 12.8 Å². The van der Waals surface area contributed by atoms with Crippen LogP contribution in [0.4, 0.5) is 13.2 Å². The number of para-hydroxylation sites is 1. The van der Waals surface area contributed by atoms with E-state index in [4.69, 9.17) is 5.11 Å². The van der Waals surface area contributed by atoms with Crippen molar-refractivity contribution in [2.24, 2.45) is 11.8 Å². The van der Waals surface area contributed by atoms with Crippen LogP contribution in [0.15, 0.2) is 24.3 Å². The standard InChI is InChI=1S/C18H20F3NO4/c1-10(17(24)25)9-22(11-6-7-11)16(23)14-8-13(14)12-4-2-3-5-15(12)26-18(19,20)21/h2-5,10-11,13-14H,6-9H2,1H3,(H,24,25). The molecule has 1 aromatic carbocycles. The molecule has 3 rings (SSSR count). The van der Waals surface area contributed by atoms with Crippen LogP contribution in [0.3, 0.4) is 0 Å². The lowest BCUT2D eigenvalue weighted by Gasteiger charge is -2.24. The molecular formula is C18H20F3NO4. The van der Waals surface area contributed by atoms with Crippen LogP contribution in [0.1, 0.15) is 37.7 Å². The van der Waals surface area contributed by atoms with E-state index in [1.807, 2.05) is 0 Å². The van der Waals surface area contributed by atoms with Crippen molar-refractivity contribution in [1.29, 1.82) is 0 Å². The van der Waals surface area contributed by atoms with Crippen LogP contribution in [-0.4, -0.2) is 40.8 Å². The van der Waals surface area contributed by atoms with Gasteiger partial charge in [-0.2, -0.15) is 0 Å². The number of amides is 1. The van der Waals surface area contributed by atoms with Crippen LogP contribution < -0.4 is 4.74 Å². The molecule has 2 fully saturated rings. The number of halogens is 3. The van der Waals surface area contributed by atoms with E-state index in [2.05, 4.69) is 4.74 Å². The zero-order valence-electron chi connectivity index (χ0n) is 14.2. The highest BCUT2D eigenvalue weighted by atomic mass is 19.4. The van der Waals surface area contributed by atoms with Crippen molar-refractivity contribution in [2.45, 2.75) is 44.5 Å². The predicted octanol–water partition coefficient (Wildman–Crippen LogP) is 3.40. The Morgan fingerprint density at radius 3 is 2.54 bits per heavy atom. The summed E-state index contributed by atoms with van der Waals surface area (Å²) < 4.78 is 41.8. The average molecular weight is 371 g/mol. The van der Waals surface area contributed by atoms with E-state index in [1.54, 1.807) is 24.0 Å². The molecule has 0 aromatic heterocycles. The van der Waals surface area contributed by atoms with Gasteiger partial charge in [0.15, 0.2) is 0 Å². The van der Waals surface area contributed by atoms with Crippen LogP contribution in [-0.2, 0) is 9.59 Å². The lowest BCUT2D eigenvalue weighted by molar-refractivity contribution is -0.274. The summed E-state index contributed by atoms with van der Waals surface area (Å²) in [5.41, 5.74) is 0.366. The van der Waals surface area contributed by atoms with Gasteiger partial charge < -0.3 is 14.7 Å². The molecule has 0 bridgehead atoms. The van der Waals surface area contributed by atoms with Crippen LogP contribution in [0.25, 0.3) is 0 Å². The first-order chi connectivity index (χ1) is 12.2. The number of benzene rings is 1. The van der Waals surface area contributed by atoms with Crippen LogP contribution >= 0.6 is 0 Å². The summed E-state index contributed by atoms with van der Waals surface area (Å²) in [4.78, 5) is 25.5. The number of aliphatic carboxylic acids is 1. The second-order valence-electron chi connectivity index (χ2n) is 7.00. The SMILES string of the molecule is CC(CN(C(=O)C1CC1c1ccccc1OC(F)(F)F)C1CC1)C(=O)O. The zero-order valence-corrected chi connectivity index (χ0v) is 14.2. The Morgan fingerprint density at radius 1 is 1.31 bits per heavy atom. The van der Waals surface area contributed by atoms with E-state index in [-0.39, 0.29) is 30.2 Å². The van der Waals surface area contributed by atoms with Crippen molar-refractivity contribution in [3.05, 3.63) is 29.8 Å². The van der Waals surface area contributed by atoms with Gasteiger partial charge in [0.05, 0.1) is 5.92 Å². The van der Waals surface area contributed by atoms with Crippen LogP contribution in [0, 0.1) is 11.8 Å². The van der Waals surface area contributed by atoms with E-state index in [0.29, 0.717) is 12.0 Å². The Hall–Kier alpha value is -2.25. The fraction of sp³-hybridized carbons (Fsp3) is 0.556. The van der Waals surface area contributed by atoms with Crippen LogP contribution in [0.5, 0.6) is 5.75 Å². The molecule has 0 spiro atoms. The van der Waals surface area contributed by atoms with Crippen molar-refractivity contribution in [1.82, 2.24) is 4.90 Å². The third-order valence-electron chi connectivity index (χ3n) is 4.81. The molecule has 5 nitrogen and oxygen atoms in total. The fourth-order valence-corrected chi connectivity index (χ4v) is 3.21. The van der Waals surface area contributed by atoms with Gasteiger partial charge in [-0.1, -0.05) is 25.1 Å². The Labute approximate surface area is 148 Å². The van der Waals surface area contributed by atoms with E-state index in [9.17, 15) is 22.8 Å². The summed E-state index contributed by atoms with van der Waals surface area (Å²) in [6.45, 7) is 1.67. The van der Waals surface area contributed by atoms with Crippen molar-refractivity contribution in [2.75, 3.05) is 6.54 Å². The maximum absolute atomic E-state index is 12.8. The number of alkyl halides is 3. The third kappa shape index (κ3) is 4.28. The van der Waals surface area contributed by atoms with Crippen molar-refractivity contribution < 1.29 is 32.6 Å². The van der Waals surface area contributed by atoms with Gasteiger partial charge in [0.2, 0.25) is 5.91 Å². The highest BCUT2D eigenvalue weighted by molar-refractivity contribution is 5.84. The number of hydrogen-bond acceptors (Lipinski definition) is 3. The normalized spacial score (nSPS) is 23.2. The summed E-state index contributed by atoms with van der Waals surface area (Å²) in [7, 11) is 0. The summed E-state index contributed by atoms with van der Waals surface area (Å²) in [6.07, 6.45) is -2.67. The minimum Gasteiger partial charge on any atom is -0.481 e. The predicted molar refractivity (Wildman–Crippen MR) is 85.5 cm³/mol. The molecule has 0 radical (unpaired) electrons. The Balaban J connectivity index is 1.71. The quantitative estimate of drug-likeness (QED) is 0.798.